The Balaban J connectivity index is 2.37. The van der Waals surface area contributed by atoms with E-state index in [1.54, 1.807) is 0 Å². The highest BCUT2D eigenvalue weighted by Crippen LogP contribution is 2.27. The zero-order valence-corrected chi connectivity index (χ0v) is 8.88. The second kappa shape index (κ2) is 3.56. The van der Waals surface area contributed by atoms with E-state index in [4.69, 9.17) is 5.73 Å². The van der Waals surface area contributed by atoms with Gasteiger partial charge in [0.2, 0.25) is 5.95 Å². The molecule has 1 aromatic heterocycles. The Kier molecular flexibility index (Phi) is 2.40. The summed E-state index contributed by atoms with van der Waals surface area (Å²) < 4.78 is 0. The summed E-state index contributed by atoms with van der Waals surface area (Å²) in [5.41, 5.74) is 9.24. The van der Waals surface area contributed by atoms with Crippen LogP contribution in [0.1, 0.15) is 36.7 Å². The molecule has 0 fully saturated rings. The first kappa shape index (κ1) is 9.44. The zero-order chi connectivity index (χ0) is 10.1. The average molecular weight is 191 g/mol. The first-order chi connectivity index (χ1) is 6.70. The molecule has 0 radical (unpaired) electrons. The van der Waals surface area contributed by atoms with Crippen molar-refractivity contribution in [3.63, 3.8) is 0 Å². The maximum Gasteiger partial charge on any atom is 0.220 e. The van der Waals surface area contributed by atoms with Crippen LogP contribution in [0.2, 0.25) is 0 Å². The summed E-state index contributed by atoms with van der Waals surface area (Å²) in [5.74, 6) is 1.22. The predicted octanol–water partition coefficient (Wildman–Crippen LogP) is 1.88. The van der Waals surface area contributed by atoms with Crippen LogP contribution >= 0.6 is 0 Å². The first-order valence-corrected chi connectivity index (χ1v) is 5.32. The van der Waals surface area contributed by atoms with Crippen molar-refractivity contribution in [2.24, 2.45) is 5.92 Å². The van der Waals surface area contributed by atoms with Gasteiger partial charge >= 0.3 is 0 Å². The highest BCUT2D eigenvalue weighted by molar-refractivity contribution is 5.33. The van der Waals surface area contributed by atoms with Crippen molar-refractivity contribution in [2.45, 2.75) is 39.5 Å². The van der Waals surface area contributed by atoms with Crippen LogP contribution in [0.15, 0.2) is 0 Å². The highest BCUT2D eigenvalue weighted by Gasteiger charge is 2.20. The van der Waals surface area contributed by atoms with Gasteiger partial charge in [0, 0.05) is 11.4 Å². The number of hydrogen-bond donors (Lipinski definition) is 1. The number of anilines is 1. The molecular weight excluding hydrogens is 174 g/mol. The van der Waals surface area contributed by atoms with Crippen molar-refractivity contribution >= 4 is 5.95 Å². The van der Waals surface area contributed by atoms with Gasteiger partial charge in [0.05, 0.1) is 0 Å². The molecule has 1 aliphatic rings. The molecular formula is C11H17N3. The molecule has 1 heterocycles. The van der Waals surface area contributed by atoms with Crippen LogP contribution in [0.5, 0.6) is 0 Å². The molecule has 0 aliphatic heterocycles. The normalized spacial score (nSPS) is 20.6. The molecule has 3 heteroatoms. The van der Waals surface area contributed by atoms with E-state index in [0.717, 1.165) is 24.5 Å². The summed E-state index contributed by atoms with van der Waals surface area (Å²) in [5, 5.41) is 0. The standard InChI is InChI=1S/C11H17N3/c1-3-8-4-5-9-7(2)13-11(12)14-10(9)6-8/h8H,3-6H2,1-2H3,(H2,12,13,14)/t8-/m0/s1. The fraction of sp³-hybridized carbons (Fsp3) is 0.636. The molecule has 76 valence electrons. The Bertz CT molecular complexity index is 347. The first-order valence-electron chi connectivity index (χ1n) is 5.32. The molecule has 0 amide bonds. The number of hydrogen-bond acceptors (Lipinski definition) is 3. The summed E-state index contributed by atoms with van der Waals surface area (Å²) in [7, 11) is 0. The fourth-order valence-electron chi connectivity index (χ4n) is 2.25. The van der Waals surface area contributed by atoms with E-state index >= 15 is 0 Å². The van der Waals surface area contributed by atoms with Crippen molar-refractivity contribution in [1.82, 2.24) is 9.97 Å². The van der Waals surface area contributed by atoms with Crippen molar-refractivity contribution in [3.05, 3.63) is 17.0 Å². The molecule has 0 spiro atoms. The maximum atomic E-state index is 5.65. The third kappa shape index (κ3) is 1.59. The van der Waals surface area contributed by atoms with Gasteiger partial charge in [-0.3, -0.25) is 0 Å². The molecule has 2 N–H and O–H groups in total. The van der Waals surface area contributed by atoms with Crippen molar-refractivity contribution in [3.8, 4) is 0 Å². The predicted molar refractivity (Wildman–Crippen MR) is 57.0 cm³/mol. The molecule has 0 saturated carbocycles. The molecule has 1 aliphatic carbocycles. The number of aryl methyl sites for hydroxylation is 1. The lowest BCUT2D eigenvalue weighted by Crippen LogP contribution is -2.18. The topological polar surface area (TPSA) is 51.8 Å². The summed E-state index contributed by atoms with van der Waals surface area (Å²) in [4.78, 5) is 8.54. The van der Waals surface area contributed by atoms with Gasteiger partial charge in [-0.1, -0.05) is 13.3 Å². The molecule has 14 heavy (non-hydrogen) atoms. The molecule has 0 bridgehead atoms. The molecule has 1 atom stereocenters. The third-order valence-corrected chi connectivity index (χ3v) is 3.18. The number of nitrogens with zero attached hydrogens (tertiary/aromatic N) is 2. The van der Waals surface area contributed by atoms with E-state index in [9.17, 15) is 0 Å². The number of aromatic nitrogens is 2. The van der Waals surface area contributed by atoms with Gasteiger partial charge in [0.25, 0.3) is 0 Å². The minimum atomic E-state index is 0.429. The summed E-state index contributed by atoms with van der Waals surface area (Å²) in [6.45, 7) is 4.27. The van der Waals surface area contributed by atoms with Crippen LogP contribution in [-0.4, -0.2) is 9.97 Å². The molecule has 2 rings (SSSR count). The van der Waals surface area contributed by atoms with Crippen LogP contribution in [0.25, 0.3) is 0 Å². The summed E-state index contributed by atoms with van der Waals surface area (Å²) >= 11 is 0. The van der Waals surface area contributed by atoms with E-state index in [0.29, 0.717) is 5.95 Å². The van der Waals surface area contributed by atoms with Gasteiger partial charge in [0.1, 0.15) is 0 Å². The van der Waals surface area contributed by atoms with E-state index in [2.05, 4.69) is 16.9 Å². The van der Waals surface area contributed by atoms with Gasteiger partial charge in [-0.2, -0.15) is 0 Å². The number of rotatable bonds is 1. The number of nitrogens with two attached hydrogens (primary N) is 1. The average Bonchev–Trinajstić information content (AvgIpc) is 2.16. The summed E-state index contributed by atoms with van der Waals surface area (Å²) in [6, 6.07) is 0. The second-order valence-electron chi connectivity index (χ2n) is 4.11. The Hall–Kier alpha value is -1.12. The van der Waals surface area contributed by atoms with Crippen LogP contribution in [0.3, 0.4) is 0 Å². The van der Waals surface area contributed by atoms with E-state index in [1.165, 1.54) is 24.1 Å². The summed E-state index contributed by atoms with van der Waals surface area (Å²) in [6.07, 6.45) is 4.72. The monoisotopic (exact) mass is 191 g/mol. The SMILES string of the molecule is CC[C@H]1CCc2c(C)nc(N)nc2C1. The Morgan fingerprint density at radius 3 is 2.93 bits per heavy atom. The molecule has 0 aromatic carbocycles. The molecule has 1 aromatic rings. The van der Waals surface area contributed by atoms with Gasteiger partial charge in [-0.15, -0.1) is 0 Å². The Morgan fingerprint density at radius 1 is 1.43 bits per heavy atom. The van der Waals surface area contributed by atoms with Crippen molar-refractivity contribution in [1.29, 1.82) is 0 Å². The minimum absolute atomic E-state index is 0.429. The second-order valence-corrected chi connectivity index (χ2v) is 4.11. The Morgan fingerprint density at radius 2 is 2.21 bits per heavy atom. The number of fused-ring (bicyclic) bond motifs is 1. The van der Waals surface area contributed by atoms with Crippen molar-refractivity contribution in [2.75, 3.05) is 5.73 Å². The Labute approximate surface area is 84.8 Å². The lowest BCUT2D eigenvalue weighted by atomic mass is 9.85. The van der Waals surface area contributed by atoms with Gasteiger partial charge < -0.3 is 5.73 Å². The molecule has 0 saturated heterocycles. The lowest BCUT2D eigenvalue weighted by molar-refractivity contribution is 0.436. The van der Waals surface area contributed by atoms with Crippen LogP contribution < -0.4 is 5.73 Å². The lowest BCUT2D eigenvalue weighted by Gasteiger charge is -2.23. The van der Waals surface area contributed by atoms with Crippen LogP contribution in [0.4, 0.5) is 5.95 Å². The van der Waals surface area contributed by atoms with Crippen LogP contribution in [0, 0.1) is 12.8 Å². The fourth-order valence-corrected chi connectivity index (χ4v) is 2.25. The van der Waals surface area contributed by atoms with E-state index in [-0.39, 0.29) is 0 Å². The zero-order valence-electron chi connectivity index (χ0n) is 8.88. The van der Waals surface area contributed by atoms with Crippen LogP contribution in [-0.2, 0) is 12.8 Å². The quantitative estimate of drug-likeness (QED) is 0.737. The maximum absolute atomic E-state index is 5.65. The van der Waals surface area contributed by atoms with Gasteiger partial charge in [-0.25, -0.2) is 9.97 Å². The highest BCUT2D eigenvalue weighted by atomic mass is 15.0. The smallest absolute Gasteiger partial charge is 0.220 e. The van der Waals surface area contributed by atoms with Gasteiger partial charge in [0.15, 0.2) is 0 Å². The van der Waals surface area contributed by atoms with Crippen molar-refractivity contribution < 1.29 is 0 Å². The minimum Gasteiger partial charge on any atom is -0.368 e. The number of nitrogen functional groups attached to an aromatic ring is 1. The van der Waals surface area contributed by atoms with E-state index < -0.39 is 0 Å². The largest absolute Gasteiger partial charge is 0.368 e. The van der Waals surface area contributed by atoms with Gasteiger partial charge in [-0.05, 0) is 37.7 Å². The molecule has 3 nitrogen and oxygen atoms in total. The molecule has 0 unspecified atom stereocenters. The van der Waals surface area contributed by atoms with E-state index in [1.807, 2.05) is 6.92 Å². The third-order valence-electron chi connectivity index (χ3n) is 3.18.